The predicted octanol–water partition coefficient (Wildman–Crippen LogP) is 4.25. The van der Waals surface area contributed by atoms with E-state index >= 15 is 0 Å². The molecule has 0 amide bonds. The van der Waals surface area contributed by atoms with E-state index in [1.165, 1.54) is 0 Å². The SMILES string of the molecule is O=c1ccc(Br)cn1C(c1ccccc1)c1ccccc1. The van der Waals surface area contributed by atoms with Gasteiger partial charge in [-0.05, 0) is 33.1 Å². The first-order chi connectivity index (χ1) is 10.3. The third kappa shape index (κ3) is 2.98. The fraction of sp³-hybridized carbons (Fsp3) is 0.0556. The van der Waals surface area contributed by atoms with E-state index in [2.05, 4.69) is 15.9 Å². The Labute approximate surface area is 131 Å². The molecule has 0 atom stereocenters. The summed E-state index contributed by atoms with van der Waals surface area (Å²) in [5.74, 6) is 0. The van der Waals surface area contributed by atoms with Crippen LogP contribution in [-0.4, -0.2) is 4.57 Å². The number of halogens is 1. The highest BCUT2D eigenvalue weighted by Crippen LogP contribution is 2.25. The molecule has 0 N–H and O–H groups in total. The third-order valence-corrected chi connectivity index (χ3v) is 3.88. The number of rotatable bonds is 3. The zero-order chi connectivity index (χ0) is 14.7. The van der Waals surface area contributed by atoms with Gasteiger partial charge in [0.25, 0.3) is 5.56 Å². The van der Waals surface area contributed by atoms with Crippen molar-refractivity contribution < 1.29 is 0 Å². The topological polar surface area (TPSA) is 22.0 Å². The maximum Gasteiger partial charge on any atom is 0.251 e. The van der Waals surface area contributed by atoms with Crippen molar-refractivity contribution in [3.63, 3.8) is 0 Å². The fourth-order valence-electron chi connectivity index (χ4n) is 2.46. The van der Waals surface area contributed by atoms with Gasteiger partial charge < -0.3 is 4.57 Å². The standard InChI is InChI=1S/C18H14BrNO/c19-16-11-12-17(21)20(13-16)18(14-7-3-1-4-8-14)15-9-5-2-6-10-15/h1-13,18H. The van der Waals surface area contributed by atoms with Gasteiger partial charge in [0.15, 0.2) is 0 Å². The molecule has 0 saturated carbocycles. The Balaban J connectivity index is 2.22. The first kappa shape index (κ1) is 13.8. The van der Waals surface area contributed by atoms with Gasteiger partial charge in [0.2, 0.25) is 0 Å². The fourth-order valence-corrected chi connectivity index (χ4v) is 2.82. The number of nitrogens with zero attached hydrogens (tertiary/aromatic N) is 1. The molecular formula is C18H14BrNO. The minimum Gasteiger partial charge on any atom is -0.303 e. The van der Waals surface area contributed by atoms with Crippen LogP contribution in [0.4, 0.5) is 0 Å². The van der Waals surface area contributed by atoms with Gasteiger partial charge in [-0.3, -0.25) is 4.79 Å². The average Bonchev–Trinajstić information content (AvgIpc) is 2.53. The summed E-state index contributed by atoms with van der Waals surface area (Å²) in [6, 6.07) is 23.4. The van der Waals surface area contributed by atoms with Gasteiger partial charge in [-0.25, -0.2) is 0 Å². The smallest absolute Gasteiger partial charge is 0.251 e. The Kier molecular flexibility index (Phi) is 4.02. The lowest BCUT2D eigenvalue weighted by atomic mass is 9.98. The second-order valence-electron chi connectivity index (χ2n) is 4.82. The molecule has 1 heterocycles. The van der Waals surface area contributed by atoms with Gasteiger partial charge in [-0.15, -0.1) is 0 Å². The van der Waals surface area contributed by atoms with Crippen LogP contribution in [0, 0.1) is 0 Å². The molecule has 21 heavy (non-hydrogen) atoms. The number of hydrogen-bond acceptors (Lipinski definition) is 1. The van der Waals surface area contributed by atoms with Crippen LogP contribution >= 0.6 is 15.9 Å². The van der Waals surface area contributed by atoms with Crippen LogP contribution in [0.15, 0.2) is 88.3 Å². The number of pyridine rings is 1. The summed E-state index contributed by atoms with van der Waals surface area (Å²) in [4.78, 5) is 12.3. The lowest BCUT2D eigenvalue weighted by molar-refractivity contribution is 0.648. The van der Waals surface area contributed by atoms with Crippen molar-refractivity contribution in [3.05, 3.63) is 105 Å². The number of hydrogen-bond donors (Lipinski definition) is 0. The molecule has 0 saturated heterocycles. The molecule has 0 bridgehead atoms. The maximum atomic E-state index is 12.3. The Hall–Kier alpha value is -2.13. The molecule has 0 aliphatic heterocycles. The highest BCUT2D eigenvalue weighted by atomic mass is 79.9. The molecule has 2 aromatic carbocycles. The minimum atomic E-state index is -0.127. The average molecular weight is 340 g/mol. The summed E-state index contributed by atoms with van der Waals surface area (Å²) in [6.07, 6.45) is 1.84. The van der Waals surface area contributed by atoms with Crippen molar-refractivity contribution in [2.24, 2.45) is 0 Å². The monoisotopic (exact) mass is 339 g/mol. The summed E-state index contributed by atoms with van der Waals surface area (Å²) in [5.41, 5.74) is 2.16. The highest BCUT2D eigenvalue weighted by molar-refractivity contribution is 9.10. The van der Waals surface area contributed by atoms with Crippen LogP contribution in [0.5, 0.6) is 0 Å². The first-order valence-electron chi connectivity index (χ1n) is 6.73. The summed E-state index contributed by atoms with van der Waals surface area (Å²) in [5, 5.41) is 0. The Bertz CT molecular complexity index is 742. The molecule has 3 heteroatoms. The van der Waals surface area contributed by atoms with Crippen molar-refractivity contribution in [3.8, 4) is 0 Å². The van der Waals surface area contributed by atoms with E-state index < -0.39 is 0 Å². The van der Waals surface area contributed by atoms with Crippen LogP contribution in [0.1, 0.15) is 17.2 Å². The molecular weight excluding hydrogens is 326 g/mol. The van der Waals surface area contributed by atoms with Gasteiger partial charge in [0.05, 0.1) is 6.04 Å². The van der Waals surface area contributed by atoms with Crippen LogP contribution in [0.2, 0.25) is 0 Å². The maximum absolute atomic E-state index is 12.3. The van der Waals surface area contributed by atoms with Gasteiger partial charge in [0, 0.05) is 16.7 Å². The van der Waals surface area contributed by atoms with E-state index in [0.717, 1.165) is 15.6 Å². The first-order valence-corrected chi connectivity index (χ1v) is 7.52. The molecule has 0 unspecified atom stereocenters. The van der Waals surface area contributed by atoms with E-state index in [1.807, 2.05) is 66.9 Å². The van der Waals surface area contributed by atoms with Crippen molar-refractivity contribution >= 4 is 15.9 Å². The van der Waals surface area contributed by atoms with Crippen molar-refractivity contribution in [2.45, 2.75) is 6.04 Å². The van der Waals surface area contributed by atoms with Crippen molar-refractivity contribution in [1.29, 1.82) is 0 Å². The van der Waals surface area contributed by atoms with Crippen LogP contribution < -0.4 is 5.56 Å². The Morgan fingerprint density at radius 3 is 1.81 bits per heavy atom. The van der Waals surface area contributed by atoms with Gasteiger partial charge >= 0.3 is 0 Å². The molecule has 0 radical (unpaired) electrons. The second-order valence-corrected chi connectivity index (χ2v) is 5.73. The third-order valence-electron chi connectivity index (χ3n) is 3.41. The number of benzene rings is 2. The molecule has 104 valence electrons. The van der Waals surface area contributed by atoms with E-state index in [9.17, 15) is 4.79 Å². The van der Waals surface area contributed by atoms with Gasteiger partial charge in [0.1, 0.15) is 0 Å². The lowest BCUT2D eigenvalue weighted by Gasteiger charge is -2.21. The zero-order valence-electron chi connectivity index (χ0n) is 11.3. The summed E-state index contributed by atoms with van der Waals surface area (Å²) in [6.45, 7) is 0. The summed E-state index contributed by atoms with van der Waals surface area (Å²) >= 11 is 3.45. The van der Waals surface area contributed by atoms with Crippen LogP contribution in [0.25, 0.3) is 0 Å². The lowest BCUT2D eigenvalue weighted by Crippen LogP contribution is -2.25. The van der Waals surface area contributed by atoms with E-state index in [-0.39, 0.29) is 11.6 Å². The van der Waals surface area contributed by atoms with E-state index in [1.54, 1.807) is 16.7 Å². The largest absolute Gasteiger partial charge is 0.303 e. The minimum absolute atomic E-state index is 0.0177. The second kappa shape index (κ2) is 6.10. The number of aromatic nitrogens is 1. The van der Waals surface area contributed by atoms with Crippen molar-refractivity contribution in [2.75, 3.05) is 0 Å². The predicted molar refractivity (Wildman–Crippen MR) is 88.5 cm³/mol. The summed E-state index contributed by atoms with van der Waals surface area (Å²) < 4.78 is 2.65. The molecule has 2 nitrogen and oxygen atoms in total. The molecule has 0 aliphatic carbocycles. The zero-order valence-corrected chi connectivity index (χ0v) is 12.9. The van der Waals surface area contributed by atoms with E-state index in [0.29, 0.717) is 0 Å². The molecule has 1 aromatic heterocycles. The Morgan fingerprint density at radius 1 is 0.762 bits per heavy atom. The highest BCUT2D eigenvalue weighted by Gasteiger charge is 2.17. The van der Waals surface area contributed by atoms with Crippen LogP contribution in [-0.2, 0) is 0 Å². The van der Waals surface area contributed by atoms with E-state index in [4.69, 9.17) is 0 Å². The molecule has 0 aliphatic rings. The normalized spacial score (nSPS) is 10.8. The van der Waals surface area contributed by atoms with Crippen molar-refractivity contribution in [1.82, 2.24) is 4.57 Å². The molecule has 0 fully saturated rings. The molecule has 3 rings (SSSR count). The van der Waals surface area contributed by atoms with Gasteiger partial charge in [-0.1, -0.05) is 60.7 Å². The van der Waals surface area contributed by atoms with Gasteiger partial charge in [-0.2, -0.15) is 0 Å². The quantitative estimate of drug-likeness (QED) is 0.699. The van der Waals surface area contributed by atoms with Crippen LogP contribution in [0.3, 0.4) is 0 Å². The molecule has 0 spiro atoms. The molecule has 3 aromatic rings. The summed E-state index contributed by atoms with van der Waals surface area (Å²) in [7, 11) is 0. The Morgan fingerprint density at radius 2 is 1.29 bits per heavy atom.